The van der Waals surface area contributed by atoms with E-state index in [1.807, 2.05) is 12.1 Å². The van der Waals surface area contributed by atoms with Crippen LogP contribution < -0.4 is 15.8 Å². The van der Waals surface area contributed by atoms with Crippen LogP contribution in [0.1, 0.15) is 19.3 Å². The van der Waals surface area contributed by atoms with E-state index in [9.17, 15) is 4.79 Å². The van der Waals surface area contributed by atoms with Crippen LogP contribution in [0, 0.1) is 5.92 Å². The van der Waals surface area contributed by atoms with E-state index in [4.69, 9.17) is 10.5 Å². The van der Waals surface area contributed by atoms with E-state index >= 15 is 0 Å². The van der Waals surface area contributed by atoms with E-state index in [1.54, 1.807) is 12.1 Å². The van der Waals surface area contributed by atoms with Gasteiger partial charge < -0.3 is 15.8 Å². The van der Waals surface area contributed by atoms with Gasteiger partial charge in [0.2, 0.25) is 0 Å². The van der Waals surface area contributed by atoms with E-state index in [2.05, 4.69) is 5.32 Å². The Hall–Kier alpha value is -1.71. The van der Waals surface area contributed by atoms with Crippen LogP contribution in [0.25, 0.3) is 0 Å². The van der Waals surface area contributed by atoms with E-state index in [0.29, 0.717) is 17.4 Å². The highest BCUT2D eigenvalue weighted by molar-refractivity contribution is 5.77. The second-order valence-corrected chi connectivity index (χ2v) is 4.43. The zero-order valence-electron chi connectivity index (χ0n) is 9.82. The van der Waals surface area contributed by atoms with Crippen molar-refractivity contribution in [2.45, 2.75) is 19.3 Å². The Bertz CT molecular complexity index is 389. The van der Waals surface area contributed by atoms with Crippen LogP contribution in [-0.2, 0) is 4.79 Å². The lowest BCUT2D eigenvalue weighted by atomic mass is 9.85. The highest BCUT2D eigenvalue weighted by Gasteiger charge is 2.17. The van der Waals surface area contributed by atoms with Gasteiger partial charge in [-0.2, -0.15) is 0 Å². The lowest BCUT2D eigenvalue weighted by Gasteiger charge is -2.25. The van der Waals surface area contributed by atoms with Crippen LogP contribution in [0.15, 0.2) is 24.3 Å². The predicted octanol–water partition coefficient (Wildman–Crippen LogP) is 1.56. The Kier molecular flexibility index (Phi) is 3.85. The number of hydrogen-bond donors (Lipinski definition) is 2. The first kappa shape index (κ1) is 11.8. The van der Waals surface area contributed by atoms with Gasteiger partial charge in [0.1, 0.15) is 5.75 Å². The Labute approximate surface area is 101 Å². The number of para-hydroxylation sites is 2. The van der Waals surface area contributed by atoms with Crippen LogP contribution in [0.4, 0.5) is 5.69 Å². The number of hydrogen-bond acceptors (Lipinski definition) is 3. The first-order valence-corrected chi connectivity index (χ1v) is 5.99. The molecule has 1 aromatic rings. The third kappa shape index (κ3) is 3.37. The first-order chi connectivity index (χ1) is 8.25. The fourth-order valence-corrected chi connectivity index (χ4v) is 1.76. The van der Waals surface area contributed by atoms with E-state index in [1.165, 1.54) is 19.3 Å². The van der Waals surface area contributed by atoms with Gasteiger partial charge >= 0.3 is 0 Å². The summed E-state index contributed by atoms with van der Waals surface area (Å²) in [5.74, 6) is 1.15. The van der Waals surface area contributed by atoms with Crippen molar-refractivity contribution < 1.29 is 9.53 Å². The van der Waals surface area contributed by atoms with Gasteiger partial charge in [0.05, 0.1) is 5.69 Å². The van der Waals surface area contributed by atoms with Gasteiger partial charge in [0, 0.05) is 6.54 Å². The molecule has 0 aromatic heterocycles. The van der Waals surface area contributed by atoms with Gasteiger partial charge in [0.25, 0.3) is 5.91 Å². The number of benzene rings is 1. The van der Waals surface area contributed by atoms with E-state index in [0.717, 1.165) is 6.54 Å². The fourth-order valence-electron chi connectivity index (χ4n) is 1.76. The summed E-state index contributed by atoms with van der Waals surface area (Å²) < 4.78 is 5.35. The third-order valence-corrected chi connectivity index (χ3v) is 3.09. The Balaban J connectivity index is 1.70. The zero-order chi connectivity index (χ0) is 12.1. The van der Waals surface area contributed by atoms with E-state index in [-0.39, 0.29) is 12.5 Å². The largest absolute Gasteiger partial charge is 0.482 e. The summed E-state index contributed by atoms with van der Waals surface area (Å²) in [6.45, 7) is 0.799. The molecule has 1 aliphatic rings. The van der Waals surface area contributed by atoms with E-state index < -0.39 is 0 Å². The molecule has 0 aliphatic heterocycles. The molecule has 0 spiro atoms. The van der Waals surface area contributed by atoms with Crippen molar-refractivity contribution in [3.05, 3.63) is 24.3 Å². The van der Waals surface area contributed by atoms with Gasteiger partial charge in [-0.3, -0.25) is 4.79 Å². The minimum atomic E-state index is -0.0832. The number of nitrogen functional groups attached to an aromatic ring is 1. The summed E-state index contributed by atoms with van der Waals surface area (Å²) >= 11 is 0. The molecule has 0 heterocycles. The molecule has 3 N–H and O–H groups in total. The number of nitrogens with two attached hydrogens (primary N) is 1. The van der Waals surface area contributed by atoms with Crippen LogP contribution in [0.3, 0.4) is 0 Å². The topological polar surface area (TPSA) is 64.3 Å². The summed E-state index contributed by atoms with van der Waals surface area (Å²) in [7, 11) is 0. The Morgan fingerprint density at radius 1 is 1.41 bits per heavy atom. The number of anilines is 1. The van der Waals surface area contributed by atoms with Crippen molar-refractivity contribution in [1.29, 1.82) is 0 Å². The van der Waals surface area contributed by atoms with Crippen molar-refractivity contribution in [2.75, 3.05) is 18.9 Å². The van der Waals surface area contributed by atoms with Crippen LogP contribution in [0.5, 0.6) is 5.75 Å². The predicted molar refractivity (Wildman–Crippen MR) is 66.7 cm³/mol. The molecule has 1 amide bonds. The summed E-state index contributed by atoms with van der Waals surface area (Å²) in [6, 6.07) is 7.17. The molecule has 0 saturated heterocycles. The number of amides is 1. The molecule has 0 atom stereocenters. The maximum atomic E-state index is 11.5. The summed E-state index contributed by atoms with van der Waals surface area (Å²) in [6.07, 6.45) is 3.75. The number of rotatable bonds is 5. The molecule has 17 heavy (non-hydrogen) atoms. The molecule has 2 rings (SSSR count). The molecule has 4 nitrogen and oxygen atoms in total. The minimum Gasteiger partial charge on any atom is -0.482 e. The molecular formula is C13H18N2O2. The monoisotopic (exact) mass is 234 g/mol. The lowest BCUT2D eigenvalue weighted by molar-refractivity contribution is -0.123. The third-order valence-electron chi connectivity index (χ3n) is 3.09. The fraction of sp³-hybridized carbons (Fsp3) is 0.462. The first-order valence-electron chi connectivity index (χ1n) is 5.99. The molecule has 92 valence electrons. The molecule has 1 saturated carbocycles. The Morgan fingerprint density at radius 2 is 2.18 bits per heavy atom. The van der Waals surface area contributed by atoms with Crippen LogP contribution >= 0.6 is 0 Å². The minimum absolute atomic E-state index is 0.0287. The molecule has 1 aliphatic carbocycles. The van der Waals surface area contributed by atoms with Gasteiger partial charge in [-0.05, 0) is 30.9 Å². The van der Waals surface area contributed by atoms with Crippen LogP contribution in [-0.4, -0.2) is 19.1 Å². The van der Waals surface area contributed by atoms with Gasteiger partial charge in [-0.25, -0.2) is 0 Å². The molecule has 0 bridgehead atoms. The highest BCUT2D eigenvalue weighted by atomic mass is 16.5. The lowest BCUT2D eigenvalue weighted by Crippen LogP contribution is -2.35. The van der Waals surface area contributed by atoms with Gasteiger partial charge in [0.15, 0.2) is 6.61 Å². The molecule has 0 radical (unpaired) electrons. The SMILES string of the molecule is Nc1ccccc1OCC(=O)NCC1CCC1. The molecule has 1 aromatic carbocycles. The standard InChI is InChI=1S/C13H18N2O2/c14-11-6-1-2-7-12(11)17-9-13(16)15-8-10-4-3-5-10/h1-2,6-7,10H,3-5,8-9,14H2,(H,15,16). The number of carbonyl (C=O) groups excluding carboxylic acids is 1. The average Bonchev–Trinajstić information content (AvgIpc) is 2.26. The number of carbonyl (C=O) groups is 1. The number of ether oxygens (including phenoxy) is 1. The second-order valence-electron chi connectivity index (χ2n) is 4.43. The van der Waals surface area contributed by atoms with Crippen molar-refractivity contribution >= 4 is 11.6 Å². The number of nitrogens with one attached hydrogen (secondary N) is 1. The maximum Gasteiger partial charge on any atom is 0.257 e. The summed E-state index contributed by atoms with van der Waals surface area (Å²) in [5.41, 5.74) is 6.26. The summed E-state index contributed by atoms with van der Waals surface area (Å²) in [5, 5.41) is 2.87. The summed E-state index contributed by atoms with van der Waals surface area (Å²) in [4.78, 5) is 11.5. The molecular weight excluding hydrogens is 216 g/mol. The van der Waals surface area contributed by atoms with Crippen molar-refractivity contribution in [2.24, 2.45) is 5.92 Å². The molecule has 4 heteroatoms. The van der Waals surface area contributed by atoms with Gasteiger partial charge in [-0.15, -0.1) is 0 Å². The quantitative estimate of drug-likeness (QED) is 0.760. The van der Waals surface area contributed by atoms with Crippen molar-refractivity contribution in [1.82, 2.24) is 5.32 Å². The highest BCUT2D eigenvalue weighted by Crippen LogP contribution is 2.25. The second kappa shape index (κ2) is 5.57. The zero-order valence-corrected chi connectivity index (χ0v) is 9.82. The Morgan fingerprint density at radius 3 is 2.82 bits per heavy atom. The smallest absolute Gasteiger partial charge is 0.257 e. The van der Waals surface area contributed by atoms with Crippen LogP contribution in [0.2, 0.25) is 0 Å². The van der Waals surface area contributed by atoms with Gasteiger partial charge in [-0.1, -0.05) is 18.6 Å². The average molecular weight is 234 g/mol. The molecule has 1 fully saturated rings. The van der Waals surface area contributed by atoms with Crippen molar-refractivity contribution in [3.8, 4) is 5.75 Å². The normalized spacial score (nSPS) is 15.1. The van der Waals surface area contributed by atoms with Crippen molar-refractivity contribution in [3.63, 3.8) is 0 Å². The molecule has 0 unspecified atom stereocenters. The maximum absolute atomic E-state index is 11.5.